The van der Waals surface area contributed by atoms with Crippen LogP contribution in [0.25, 0.3) is 11.1 Å². The number of hydrogen-bond acceptors (Lipinski definition) is 3. The maximum Gasteiger partial charge on any atom is 0.138 e. The van der Waals surface area contributed by atoms with Crippen LogP contribution in [-0.2, 0) is 5.41 Å². The van der Waals surface area contributed by atoms with E-state index in [1.807, 2.05) is 60.7 Å². The van der Waals surface area contributed by atoms with Crippen LogP contribution in [0, 0.1) is 0 Å². The summed E-state index contributed by atoms with van der Waals surface area (Å²) in [5.41, 5.74) is 4.52. The highest BCUT2D eigenvalue weighted by Gasteiger charge is 2.17. The van der Waals surface area contributed by atoms with E-state index in [9.17, 15) is 5.11 Å². The molecule has 28 heavy (non-hydrogen) atoms. The Balaban J connectivity index is 2.07. The summed E-state index contributed by atoms with van der Waals surface area (Å²) in [6.45, 7) is 6.43. The predicted octanol–water partition coefficient (Wildman–Crippen LogP) is 6.88. The number of aliphatic imine (C=N–C) groups is 1. The summed E-state index contributed by atoms with van der Waals surface area (Å²) in [6, 6.07) is 19.7. The van der Waals surface area contributed by atoms with E-state index in [4.69, 9.17) is 9.73 Å². The average molecular weight is 438 g/mol. The van der Waals surface area contributed by atoms with Crippen molar-refractivity contribution in [1.29, 1.82) is 0 Å². The normalized spacial score (nSPS) is 11.8. The van der Waals surface area contributed by atoms with Gasteiger partial charge in [-0.3, -0.25) is 4.99 Å². The van der Waals surface area contributed by atoms with Crippen LogP contribution >= 0.6 is 15.9 Å². The lowest BCUT2D eigenvalue weighted by Gasteiger charge is -2.20. The van der Waals surface area contributed by atoms with Crippen molar-refractivity contribution in [2.45, 2.75) is 26.2 Å². The van der Waals surface area contributed by atoms with E-state index < -0.39 is 0 Å². The molecule has 3 rings (SSSR count). The van der Waals surface area contributed by atoms with Gasteiger partial charge in [0.15, 0.2) is 0 Å². The fourth-order valence-electron chi connectivity index (χ4n) is 2.97. The van der Waals surface area contributed by atoms with E-state index in [-0.39, 0.29) is 11.2 Å². The monoisotopic (exact) mass is 437 g/mol. The van der Waals surface area contributed by atoms with Crippen molar-refractivity contribution in [3.05, 3.63) is 76.3 Å². The third kappa shape index (κ3) is 4.28. The van der Waals surface area contributed by atoms with Gasteiger partial charge >= 0.3 is 0 Å². The zero-order valence-corrected chi connectivity index (χ0v) is 18.1. The van der Waals surface area contributed by atoms with Crippen LogP contribution in [0.5, 0.6) is 11.5 Å². The van der Waals surface area contributed by atoms with Crippen LogP contribution in [0.3, 0.4) is 0 Å². The second-order valence-electron chi connectivity index (χ2n) is 7.62. The molecule has 0 heterocycles. The number of rotatable bonds is 4. The Morgan fingerprint density at radius 1 is 0.964 bits per heavy atom. The van der Waals surface area contributed by atoms with Crippen LogP contribution in [0.15, 0.2) is 70.1 Å². The number of hydrogen-bond donors (Lipinski definition) is 1. The SMILES string of the molecule is COc1ccccc1-c1ccccc1N=Cc1cc(C(C)(C)C)cc(Br)c1O. The van der Waals surface area contributed by atoms with Crippen LogP contribution in [-0.4, -0.2) is 18.4 Å². The first-order valence-corrected chi connectivity index (χ1v) is 9.90. The molecule has 4 heteroatoms. The number of halogens is 1. The first kappa shape index (κ1) is 20.2. The molecule has 0 saturated heterocycles. The van der Waals surface area contributed by atoms with Crippen LogP contribution in [0.2, 0.25) is 0 Å². The molecule has 0 saturated carbocycles. The zero-order chi connectivity index (χ0) is 20.3. The summed E-state index contributed by atoms with van der Waals surface area (Å²) >= 11 is 3.46. The maximum absolute atomic E-state index is 10.5. The molecule has 0 bridgehead atoms. The number of aromatic hydroxyl groups is 1. The Bertz CT molecular complexity index is 1020. The lowest BCUT2D eigenvalue weighted by atomic mass is 9.86. The summed E-state index contributed by atoms with van der Waals surface area (Å²) in [6.07, 6.45) is 1.71. The molecule has 3 aromatic carbocycles. The molecule has 144 valence electrons. The Kier molecular flexibility index (Phi) is 5.90. The lowest BCUT2D eigenvalue weighted by Crippen LogP contribution is -2.11. The van der Waals surface area contributed by atoms with E-state index in [1.165, 1.54) is 0 Å². The second kappa shape index (κ2) is 8.19. The fourth-order valence-corrected chi connectivity index (χ4v) is 3.45. The summed E-state index contributed by atoms with van der Waals surface area (Å²) in [4.78, 5) is 4.69. The number of phenolic OH excluding ortho intramolecular Hbond substituents is 1. The van der Waals surface area contributed by atoms with Crippen molar-refractivity contribution in [2.24, 2.45) is 4.99 Å². The van der Waals surface area contributed by atoms with Crippen molar-refractivity contribution in [2.75, 3.05) is 7.11 Å². The molecule has 1 N–H and O–H groups in total. The minimum atomic E-state index is -0.0336. The molecular formula is C24H24BrNO2. The summed E-state index contributed by atoms with van der Waals surface area (Å²) in [5.74, 6) is 0.983. The van der Waals surface area contributed by atoms with Crippen molar-refractivity contribution < 1.29 is 9.84 Å². The van der Waals surface area contributed by atoms with Gasteiger partial charge in [0, 0.05) is 22.9 Å². The lowest BCUT2D eigenvalue weighted by molar-refractivity contribution is 0.416. The quantitative estimate of drug-likeness (QED) is 0.451. The van der Waals surface area contributed by atoms with E-state index in [1.54, 1.807) is 13.3 Å². The maximum atomic E-state index is 10.5. The number of methoxy groups -OCH3 is 1. The van der Waals surface area contributed by atoms with E-state index >= 15 is 0 Å². The number of phenols is 1. The van der Waals surface area contributed by atoms with Crippen molar-refractivity contribution in [3.63, 3.8) is 0 Å². The highest BCUT2D eigenvalue weighted by atomic mass is 79.9. The van der Waals surface area contributed by atoms with Crippen molar-refractivity contribution in [3.8, 4) is 22.6 Å². The molecule has 0 amide bonds. The molecule has 0 aliphatic heterocycles. The molecule has 0 unspecified atom stereocenters. The molecule has 0 radical (unpaired) electrons. The van der Waals surface area contributed by atoms with Gasteiger partial charge in [-0.15, -0.1) is 0 Å². The summed E-state index contributed by atoms with van der Waals surface area (Å²) in [5, 5.41) is 10.5. The van der Waals surface area contributed by atoms with Crippen molar-refractivity contribution in [1.82, 2.24) is 0 Å². The molecule has 0 aromatic heterocycles. The van der Waals surface area contributed by atoms with Gasteiger partial charge in [-0.2, -0.15) is 0 Å². The number of benzene rings is 3. The Labute approximate surface area is 174 Å². The minimum Gasteiger partial charge on any atom is -0.506 e. The number of para-hydroxylation sites is 2. The van der Waals surface area contributed by atoms with Gasteiger partial charge in [0.2, 0.25) is 0 Å². The van der Waals surface area contributed by atoms with E-state index in [2.05, 4.69) is 36.7 Å². The first-order valence-electron chi connectivity index (χ1n) is 9.10. The van der Waals surface area contributed by atoms with Gasteiger partial charge in [-0.05, 0) is 51.2 Å². The molecule has 0 atom stereocenters. The average Bonchev–Trinajstić information content (AvgIpc) is 2.68. The van der Waals surface area contributed by atoms with Crippen LogP contribution < -0.4 is 4.74 Å². The largest absolute Gasteiger partial charge is 0.506 e. The third-order valence-electron chi connectivity index (χ3n) is 4.60. The molecule has 3 nitrogen and oxygen atoms in total. The Morgan fingerprint density at radius 3 is 2.29 bits per heavy atom. The Hall–Kier alpha value is -2.59. The molecule has 0 fully saturated rings. The highest BCUT2D eigenvalue weighted by molar-refractivity contribution is 9.10. The second-order valence-corrected chi connectivity index (χ2v) is 8.48. The van der Waals surface area contributed by atoms with Gasteiger partial charge in [0.25, 0.3) is 0 Å². The first-order chi connectivity index (χ1) is 13.3. The van der Waals surface area contributed by atoms with E-state index in [0.29, 0.717) is 10.0 Å². The number of ether oxygens (including phenoxy) is 1. The molecule has 0 aliphatic carbocycles. The molecule has 0 spiro atoms. The van der Waals surface area contributed by atoms with Gasteiger partial charge in [-0.25, -0.2) is 0 Å². The highest BCUT2D eigenvalue weighted by Crippen LogP contribution is 2.37. The standard InChI is InChI=1S/C24H24BrNO2/c1-24(2,3)17-13-16(23(27)20(25)14-17)15-26-21-11-7-5-9-18(21)19-10-6-8-12-22(19)28-4/h5-15,27H,1-4H3. The molecule has 0 aliphatic rings. The van der Waals surface area contributed by atoms with Crippen LogP contribution in [0.4, 0.5) is 5.69 Å². The Morgan fingerprint density at radius 2 is 1.61 bits per heavy atom. The smallest absolute Gasteiger partial charge is 0.138 e. The van der Waals surface area contributed by atoms with Gasteiger partial charge in [0.05, 0.1) is 17.3 Å². The van der Waals surface area contributed by atoms with Gasteiger partial charge in [-0.1, -0.05) is 57.2 Å². The van der Waals surface area contributed by atoms with Gasteiger partial charge in [0.1, 0.15) is 11.5 Å². The van der Waals surface area contributed by atoms with Crippen molar-refractivity contribution >= 4 is 27.8 Å². The summed E-state index contributed by atoms with van der Waals surface area (Å²) in [7, 11) is 1.66. The van der Waals surface area contributed by atoms with Crippen LogP contribution in [0.1, 0.15) is 31.9 Å². The zero-order valence-electron chi connectivity index (χ0n) is 16.5. The molecule has 3 aromatic rings. The predicted molar refractivity (Wildman–Crippen MR) is 120 cm³/mol. The van der Waals surface area contributed by atoms with E-state index in [0.717, 1.165) is 28.1 Å². The molecular weight excluding hydrogens is 414 g/mol. The number of nitrogens with zero attached hydrogens (tertiary/aromatic N) is 1. The van der Waals surface area contributed by atoms with Gasteiger partial charge < -0.3 is 9.84 Å². The summed E-state index contributed by atoms with van der Waals surface area (Å²) < 4.78 is 6.17. The topological polar surface area (TPSA) is 41.8 Å². The minimum absolute atomic E-state index is 0.0336. The fraction of sp³-hybridized carbons (Fsp3) is 0.208. The third-order valence-corrected chi connectivity index (χ3v) is 5.21.